The number of carbonyl (C=O) groups is 2. The quantitative estimate of drug-likeness (QED) is 0.406. The van der Waals surface area contributed by atoms with Crippen LogP contribution in [-0.4, -0.2) is 23.8 Å². The fourth-order valence-electron chi connectivity index (χ4n) is 2.19. The summed E-state index contributed by atoms with van der Waals surface area (Å²) in [6.07, 6.45) is 0. The van der Waals surface area contributed by atoms with E-state index < -0.39 is 0 Å². The first-order valence-corrected chi connectivity index (χ1v) is 5.16. The van der Waals surface area contributed by atoms with Crippen LogP contribution in [0.2, 0.25) is 0 Å². The molecule has 2 aromatic rings. The summed E-state index contributed by atoms with van der Waals surface area (Å²) in [5.74, 6) is -0.895. The van der Waals surface area contributed by atoms with Crippen LogP contribution < -0.4 is 34.7 Å². The van der Waals surface area contributed by atoms with Crippen molar-refractivity contribution in [2.75, 3.05) is 7.05 Å². The molecule has 2 amide bonds. The molecule has 2 aromatic carbocycles. The van der Waals surface area contributed by atoms with Crippen LogP contribution in [0.4, 0.5) is 0 Å². The van der Waals surface area contributed by atoms with Gasteiger partial charge in [-0.25, -0.2) is 0 Å². The fraction of sp³-hybridized carbons (Fsp3) is 0.0769. The van der Waals surface area contributed by atoms with E-state index in [1.165, 1.54) is 19.2 Å². The molecule has 0 saturated heterocycles. The van der Waals surface area contributed by atoms with Crippen molar-refractivity contribution in [2.45, 2.75) is 0 Å². The van der Waals surface area contributed by atoms with E-state index in [0.717, 1.165) is 4.90 Å². The zero-order chi connectivity index (χ0) is 12.2. The predicted octanol–water partition coefficient (Wildman–Crippen LogP) is -1.86. The normalized spacial score (nSPS) is 13.7. The Morgan fingerprint density at radius 1 is 1.00 bits per heavy atom. The zero-order valence-corrected chi connectivity index (χ0v) is 12.1. The molecule has 0 spiro atoms. The maximum absolute atomic E-state index is 11.9. The SMILES string of the molecule is CN1C(=O)c2cccc3c([O-])ccc(c23)C1=O.[Na+]. The molecule has 0 bridgehead atoms. The van der Waals surface area contributed by atoms with Gasteiger partial charge in [0.05, 0.1) is 0 Å². The minimum atomic E-state index is -0.362. The molecular weight excluding hydrogens is 241 g/mol. The number of nitrogens with zero attached hydrogens (tertiary/aromatic N) is 1. The van der Waals surface area contributed by atoms with Gasteiger partial charge < -0.3 is 5.11 Å². The topological polar surface area (TPSA) is 60.4 Å². The molecule has 0 saturated carbocycles. The van der Waals surface area contributed by atoms with Gasteiger partial charge in [0.25, 0.3) is 11.8 Å². The monoisotopic (exact) mass is 249 g/mol. The third kappa shape index (κ3) is 1.57. The Kier molecular flexibility index (Phi) is 3.19. The van der Waals surface area contributed by atoms with Gasteiger partial charge in [0.15, 0.2) is 0 Å². The van der Waals surface area contributed by atoms with Crippen LogP contribution in [0.3, 0.4) is 0 Å². The van der Waals surface area contributed by atoms with Crippen LogP contribution >= 0.6 is 0 Å². The molecule has 5 heteroatoms. The predicted molar refractivity (Wildman–Crippen MR) is 59.8 cm³/mol. The first-order valence-electron chi connectivity index (χ1n) is 5.16. The molecule has 3 rings (SSSR count). The summed E-state index contributed by atoms with van der Waals surface area (Å²) < 4.78 is 0. The molecule has 1 heterocycles. The number of rotatable bonds is 0. The van der Waals surface area contributed by atoms with E-state index in [-0.39, 0.29) is 47.1 Å². The molecule has 84 valence electrons. The number of hydrogen-bond donors (Lipinski definition) is 0. The van der Waals surface area contributed by atoms with Gasteiger partial charge in [0, 0.05) is 23.6 Å². The fourth-order valence-corrected chi connectivity index (χ4v) is 2.19. The van der Waals surface area contributed by atoms with Crippen LogP contribution in [0.5, 0.6) is 5.75 Å². The van der Waals surface area contributed by atoms with Crippen molar-refractivity contribution in [3.63, 3.8) is 0 Å². The molecular formula is C13H8NNaO3. The largest absolute Gasteiger partial charge is 1.00 e. The Labute approximate surface area is 125 Å². The van der Waals surface area contributed by atoms with Gasteiger partial charge in [-0.15, -0.1) is 5.75 Å². The van der Waals surface area contributed by atoms with Crippen molar-refractivity contribution in [3.05, 3.63) is 41.5 Å². The van der Waals surface area contributed by atoms with Crippen LogP contribution in [0, 0.1) is 0 Å². The van der Waals surface area contributed by atoms with Crippen LogP contribution in [0.1, 0.15) is 20.7 Å². The van der Waals surface area contributed by atoms with E-state index in [9.17, 15) is 14.7 Å². The third-order valence-electron chi connectivity index (χ3n) is 3.07. The van der Waals surface area contributed by atoms with Gasteiger partial charge in [0.1, 0.15) is 0 Å². The summed E-state index contributed by atoms with van der Waals surface area (Å²) in [5.41, 5.74) is 0.828. The molecule has 4 nitrogen and oxygen atoms in total. The number of benzene rings is 2. The number of carbonyl (C=O) groups excluding carboxylic acids is 2. The van der Waals surface area contributed by atoms with E-state index in [2.05, 4.69) is 0 Å². The molecule has 0 atom stereocenters. The van der Waals surface area contributed by atoms with E-state index in [4.69, 9.17) is 0 Å². The molecule has 0 aromatic heterocycles. The molecule has 1 aliphatic rings. The van der Waals surface area contributed by atoms with Crippen LogP contribution in [0.15, 0.2) is 30.3 Å². The van der Waals surface area contributed by atoms with Crippen LogP contribution in [0.25, 0.3) is 10.8 Å². The average molecular weight is 249 g/mol. The Balaban J connectivity index is 0.00000120. The second-order valence-electron chi connectivity index (χ2n) is 4.01. The molecule has 18 heavy (non-hydrogen) atoms. The number of hydrogen-bond acceptors (Lipinski definition) is 3. The molecule has 0 unspecified atom stereocenters. The second-order valence-corrected chi connectivity index (χ2v) is 4.01. The smallest absolute Gasteiger partial charge is 0.872 e. The minimum Gasteiger partial charge on any atom is -0.872 e. The van der Waals surface area contributed by atoms with Gasteiger partial charge in [-0.3, -0.25) is 14.5 Å². The summed E-state index contributed by atoms with van der Waals surface area (Å²) in [7, 11) is 1.44. The van der Waals surface area contributed by atoms with Gasteiger partial charge in [0.2, 0.25) is 0 Å². The first-order chi connectivity index (χ1) is 8.11. The third-order valence-corrected chi connectivity index (χ3v) is 3.07. The number of imide groups is 1. The molecule has 1 aliphatic heterocycles. The van der Waals surface area contributed by atoms with E-state index >= 15 is 0 Å². The van der Waals surface area contributed by atoms with E-state index in [1.54, 1.807) is 18.2 Å². The van der Waals surface area contributed by atoms with E-state index in [0.29, 0.717) is 21.9 Å². The Morgan fingerprint density at radius 2 is 1.61 bits per heavy atom. The Morgan fingerprint density at radius 3 is 2.28 bits per heavy atom. The Bertz CT molecular complexity index is 659. The van der Waals surface area contributed by atoms with Crippen molar-refractivity contribution in [1.82, 2.24) is 4.90 Å². The summed E-state index contributed by atoms with van der Waals surface area (Å²) in [4.78, 5) is 24.9. The Hall–Kier alpha value is -1.36. The summed E-state index contributed by atoms with van der Waals surface area (Å²) in [5, 5.41) is 12.6. The first kappa shape index (κ1) is 13.1. The van der Waals surface area contributed by atoms with Crippen LogP contribution in [-0.2, 0) is 0 Å². The molecule has 0 N–H and O–H groups in total. The summed E-state index contributed by atoms with van der Waals surface area (Å²) in [6.45, 7) is 0. The zero-order valence-electron chi connectivity index (χ0n) is 10.1. The van der Waals surface area contributed by atoms with Gasteiger partial charge >= 0.3 is 29.6 Å². The maximum Gasteiger partial charge on any atom is 1.00 e. The van der Waals surface area contributed by atoms with Crippen molar-refractivity contribution in [1.29, 1.82) is 0 Å². The standard InChI is InChI=1S/C13H9NO3.Na/c1-14-12(16)8-4-2-3-7-10(15)6-5-9(11(7)8)13(14)17;/h2-6,15H,1H3;/q;+1/p-1. The van der Waals surface area contributed by atoms with Gasteiger partial charge in [-0.05, 0) is 17.5 Å². The number of amides is 2. The summed E-state index contributed by atoms with van der Waals surface area (Å²) in [6, 6.07) is 7.78. The van der Waals surface area contributed by atoms with Gasteiger partial charge in [-0.1, -0.05) is 18.2 Å². The average Bonchev–Trinajstić information content (AvgIpc) is 2.35. The van der Waals surface area contributed by atoms with Crippen molar-refractivity contribution < 1.29 is 44.3 Å². The maximum atomic E-state index is 11.9. The molecule has 0 aliphatic carbocycles. The van der Waals surface area contributed by atoms with E-state index in [1.807, 2.05) is 0 Å². The van der Waals surface area contributed by atoms with Crippen molar-refractivity contribution in [2.24, 2.45) is 0 Å². The summed E-state index contributed by atoms with van der Waals surface area (Å²) >= 11 is 0. The van der Waals surface area contributed by atoms with Crippen molar-refractivity contribution >= 4 is 22.6 Å². The van der Waals surface area contributed by atoms with Gasteiger partial charge in [-0.2, -0.15) is 0 Å². The second kappa shape index (κ2) is 4.39. The molecule has 0 radical (unpaired) electrons. The van der Waals surface area contributed by atoms with Crippen molar-refractivity contribution in [3.8, 4) is 5.75 Å². The minimum absolute atomic E-state index is 0. The molecule has 0 fully saturated rings.